The molecule has 8 nitrogen and oxygen atoms in total. The van der Waals surface area contributed by atoms with Gasteiger partial charge in [-0.3, -0.25) is 15.0 Å². The van der Waals surface area contributed by atoms with E-state index in [9.17, 15) is 19.8 Å². The Morgan fingerprint density at radius 2 is 2.33 bits per heavy atom. The van der Waals surface area contributed by atoms with E-state index in [1.54, 1.807) is 0 Å². The third kappa shape index (κ3) is 2.23. The lowest BCUT2D eigenvalue weighted by Gasteiger charge is -1.98. The van der Waals surface area contributed by atoms with Gasteiger partial charge in [-0.2, -0.15) is 0 Å². The molecule has 78 valence electrons. The molecule has 15 heavy (non-hydrogen) atoms. The molecule has 0 saturated heterocycles. The molecule has 1 heterocycles. The van der Waals surface area contributed by atoms with E-state index in [0.717, 1.165) is 12.3 Å². The van der Waals surface area contributed by atoms with Crippen molar-refractivity contribution < 1.29 is 14.6 Å². The fraction of sp³-hybridized carbons (Fsp3) is 0. The summed E-state index contributed by atoms with van der Waals surface area (Å²) in [5, 5.41) is 11.9. The van der Waals surface area contributed by atoms with Crippen LogP contribution in [0.5, 0.6) is 0 Å². The number of rotatable bonds is 3. The molecule has 0 radical (unpaired) electrons. The van der Waals surface area contributed by atoms with Gasteiger partial charge in [0.2, 0.25) is 5.15 Å². The number of hydrogen-bond acceptors (Lipinski definition) is 7. The smallest absolute Gasteiger partial charge is 0.279 e. The van der Waals surface area contributed by atoms with Crippen LogP contribution in [-0.2, 0) is 4.84 Å². The zero-order valence-corrected chi connectivity index (χ0v) is 7.67. The number of carbonyl (C=O) groups excluding carboxylic acids is 1. The van der Waals surface area contributed by atoms with Gasteiger partial charge in [0, 0.05) is 6.20 Å². The fourth-order valence-corrected chi connectivity index (χ4v) is 1.08. The van der Waals surface area contributed by atoms with E-state index in [4.69, 9.17) is 11.6 Å². The second kappa shape index (κ2) is 4.42. The monoisotopic (exact) mass is 231 g/mol. The summed E-state index contributed by atoms with van der Waals surface area (Å²) >= 11 is 5.40. The van der Waals surface area contributed by atoms with Gasteiger partial charge in [-0.05, 0) is 6.07 Å². The summed E-state index contributed by atoms with van der Waals surface area (Å²) in [7, 11) is 0. The molecular weight excluding hydrogens is 230 g/mol. The number of carbonyl (C=O) groups is 1. The van der Waals surface area contributed by atoms with E-state index in [0.29, 0.717) is 0 Å². The Morgan fingerprint density at radius 3 is 2.87 bits per heavy atom. The van der Waals surface area contributed by atoms with E-state index in [-0.39, 0.29) is 0 Å². The van der Waals surface area contributed by atoms with Gasteiger partial charge in [0.1, 0.15) is 5.56 Å². The Bertz CT molecular complexity index is 435. The van der Waals surface area contributed by atoms with Crippen molar-refractivity contribution in [3.63, 3.8) is 0 Å². The minimum Gasteiger partial charge on any atom is -0.279 e. The lowest BCUT2D eigenvalue weighted by molar-refractivity contribution is -0.385. The lowest BCUT2D eigenvalue weighted by atomic mass is 10.2. The first-order chi connectivity index (χ1) is 7.07. The predicted molar refractivity (Wildman–Crippen MR) is 47.1 cm³/mol. The lowest BCUT2D eigenvalue weighted by Crippen LogP contribution is -2.06. The van der Waals surface area contributed by atoms with Crippen molar-refractivity contribution in [2.75, 3.05) is 0 Å². The molecule has 0 spiro atoms. The molecule has 0 aliphatic carbocycles. The molecule has 9 heteroatoms. The molecule has 0 unspecified atom stereocenters. The third-order valence-electron chi connectivity index (χ3n) is 1.40. The van der Waals surface area contributed by atoms with Crippen LogP contribution in [0.4, 0.5) is 5.69 Å². The van der Waals surface area contributed by atoms with Crippen molar-refractivity contribution in [2.24, 2.45) is 5.34 Å². The van der Waals surface area contributed by atoms with Crippen LogP contribution in [0.25, 0.3) is 0 Å². The molecule has 0 bridgehead atoms. The highest BCUT2D eigenvalue weighted by molar-refractivity contribution is 6.32. The first-order valence-electron chi connectivity index (χ1n) is 3.40. The minimum absolute atomic E-state index is 0.472. The molecule has 0 saturated carbocycles. The number of hydrogen-bond donors (Lipinski definition) is 0. The number of nitrogens with zero attached hydrogens (tertiary/aromatic N) is 3. The number of nitro groups is 1. The Morgan fingerprint density at radius 1 is 1.67 bits per heavy atom. The molecule has 0 aromatic carbocycles. The topological polar surface area (TPSA) is 112 Å². The maximum atomic E-state index is 11.0. The normalized spacial score (nSPS) is 9.40. The van der Waals surface area contributed by atoms with Crippen molar-refractivity contribution in [3.8, 4) is 0 Å². The Balaban J connectivity index is 3.28. The number of pyridine rings is 1. The number of halogens is 1. The molecule has 0 aliphatic rings. The fourth-order valence-electron chi connectivity index (χ4n) is 0.850. The highest BCUT2D eigenvalue weighted by Crippen LogP contribution is 2.26. The zero-order valence-electron chi connectivity index (χ0n) is 6.92. The summed E-state index contributed by atoms with van der Waals surface area (Å²) in [6, 6.07) is 0.998. The standard InChI is InChI=1S/C6H2ClN3O5/c7-5-4(10(13)14)3(1-2-8-5)6(11)15-9-12/h1-2H. The highest BCUT2D eigenvalue weighted by Gasteiger charge is 2.26. The van der Waals surface area contributed by atoms with E-state index in [2.05, 4.69) is 9.82 Å². The summed E-state index contributed by atoms with van der Waals surface area (Å²) in [5.41, 5.74) is -1.22. The van der Waals surface area contributed by atoms with E-state index < -0.39 is 27.3 Å². The van der Waals surface area contributed by atoms with Crippen LogP contribution in [0.3, 0.4) is 0 Å². The molecule has 0 fully saturated rings. The van der Waals surface area contributed by atoms with Gasteiger partial charge in [-0.15, -0.1) is 4.91 Å². The van der Waals surface area contributed by atoms with Gasteiger partial charge in [0.15, 0.2) is 5.34 Å². The summed E-state index contributed by atoms with van der Waals surface area (Å²) in [6.45, 7) is 0. The highest BCUT2D eigenvalue weighted by atomic mass is 35.5. The predicted octanol–water partition coefficient (Wildman–Crippen LogP) is 1.48. The minimum atomic E-state index is -1.26. The molecule has 0 atom stereocenters. The van der Waals surface area contributed by atoms with Gasteiger partial charge in [0.05, 0.1) is 4.92 Å². The molecule has 1 aromatic rings. The largest absolute Gasteiger partial charge is 0.376 e. The molecule has 1 rings (SSSR count). The Kier molecular flexibility index (Phi) is 3.24. The van der Waals surface area contributed by atoms with Crippen LogP contribution in [0.2, 0.25) is 5.15 Å². The summed E-state index contributed by atoms with van der Waals surface area (Å²) in [5.74, 6) is -1.26. The molecular formula is C6H2ClN3O5. The van der Waals surface area contributed by atoms with E-state index in [1.165, 1.54) is 0 Å². The second-order valence-corrected chi connectivity index (χ2v) is 2.57. The van der Waals surface area contributed by atoms with Gasteiger partial charge in [-0.1, -0.05) is 11.6 Å². The zero-order chi connectivity index (χ0) is 11.4. The van der Waals surface area contributed by atoms with Crippen molar-refractivity contribution in [1.29, 1.82) is 0 Å². The number of aromatic nitrogens is 1. The van der Waals surface area contributed by atoms with Crippen molar-refractivity contribution >= 4 is 23.3 Å². The first-order valence-corrected chi connectivity index (χ1v) is 3.78. The summed E-state index contributed by atoms with van der Waals surface area (Å²) in [4.78, 5) is 37.4. The Labute approximate surface area is 86.9 Å². The molecule has 0 amide bonds. The second-order valence-electron chi connectivity index (χ2n) is 2.21. The van der Waals surface area contributed by atoms with Crippen LogP contribution in [0, 0.1) is 15.0 Å². The molecule has 1 aromatic heterocycles. The van der Waals surface area contributed by atoms with Crippen LogP contribution in [-0.4, -0.2) is 15.9 Å². The summed E-state index contributed by atoms with van der Waals surface area (Å²) < 4.78 is 0. The van der Waals surface area contributed by atoms with Crippen molar-refractivity contribution in [1.82, 2.24) is 4.98 Å². The van der Waals surface area contributed by atoms with Crippen LogP contribution in [0.15, 0.2) is 17.6 Å². The van der Waals surface area contributed by atoms with Gasteiger partial charge in [-0.25, -0.2) is 9.78 Å². The Hall–Kier alpha value is -2.09. The van der Waals surface area contributed by atoms with E-state index in [1.807, 2.05) is 5.34 Å². The van der Waals surface area contributed by atoms with Crippen LogP contribution < -0.4 is 0 Å². The maximum Gasteiger partial charge on any atom is 0.376 e. The summed E-state index contributed by atoms with van der Waals surface area (Å²) in [6.07, 6.45) is 1.07. The van der Waals surface area contributed by atoms with Gasteiger partial charge in [0.25, 0.3) is 0 Å². The van der Waals surface area contributed by atoms with E-state index >= 15 is 0 Å². The quantitative estimate of drug-likeness (QED) is 0.337. The third-order valence-corrected chi connectivity index (χ3v) is 1.68. The van der Waals surface area contributed by atoms with Gasteiger partial charge < -0.3 is 0 Å². The average Bonchev–Trinajstić information content (AvgIpc) is 2.17. The van der Waals surface area contributed by atoms with Crippen LogP contribution >= 0.6 is 11.6 Å². The maximum absolute atomic E-state index is 11.0. The van der Waals surface area contributed by atoms with Crippen molar-refractivity contribution in [2.45, 2.75) is 0 Å². The SMILES string of the molecule is O=NOC(=O)c1ccnc(Cl)c1[N+](=O)[O-]. The van der Waals surface area contributed by atoms with Crippen LogP contribution in [0.1, 0.15) is 10.4 Å². The average molecular weight is 232 g/mol. The first kappa shape index (κ1) is 11.0. The van der Waals surface area contributed by atoms with Crippen molar-refractivity contribution in [3.05, 3.63) is 38.0 Å². The molecule has 0 N–H and O–H groups in total. The van der Waals surface area contributed by atoms with Gasteiger partial charge >= 0.3 is 11.7 Å². The molecule has 0 aliphatic heterocycles.